The Bertz CT molecular complexity index is 1040. The van der Waals surface area contributed by atoms with E-state index in [-0.39, 0.29) is 34.0 Å². The quantitative estimate of drug-likeness (QED) is 0.430. The molecule has 0 saturated heterocycles. The molecule has 5 rings (SSSR count). The van der Waals surface area contributed by atoms with E-state index in [1.807, 2.05) is 0 Å². The Morgan fingerprint density at radius 2 is 1.76 bits per heavy atom. The number of fused-ring (bicyclic) bond motifs is 5. The van der Waals surface area contributed by atoms with Crippen LogP contribution in [0.3, 0.4) is 0 Å². The molecule has 9 heteroatoms. The van der Waals surface area contributed by atoms with Gasteiger partial charge < -0.3 is 5.11 Å². The molecule has 1 aromatic rings. The number of nitrogens with one attached hydrogen (secondary N) is 1. The molecule has 184 valence electrons. The predicted molar refractivity (Wildman–Crippen MR) is 129 cm³/mol. The summed E-state index contributed by atoms with van der Waals surface area (Å²) in [6.45, 7) is 4.78. The lowest BCUT2D eigenvalue weighted by Crippen LogP contribution is -2.54. The van der Waals surface area contributed by atoms with Crippen molar-refractivity contribution >= 4 is 22.8 Å². The SMILES string of the molecule is C[C@]12CC/C(=N/Nc3ccc([N+](=O)[O-])cc3[N+](=O)[O-])C[C@H]1CC[C@@H]1[C@@H]2CC[C@]2(C)[C@H](O)CC[C@@H]12. The Morgan fingerprint density at radius 3 is 2.50 bits per heavy atom. The Balaban J connectivity index is 1.31. The van der Waals surface area contributed by atoms with Crippen molar-refractivity contribution in [1.29, 1.82) is 0 Å². The lowest BCUT2D eigenvalue weighted by molar-refractivity contribution is -0.393. The van der Waals surface area contributed by atoms with Crippen LogP contribution in [0, 0.1) is 54.7 Å². The van der Waals surface area contributed by atoms with Crippen LogP contribution in [-0.4, -0.2) is 26.8 Å². The molecule has 0 unspecified atom stereocenters. The number of benzene rings is 1. The minimum absolute atomic E-state index is 0.0923. The fourth-order valence-corrected chi connectivity index (χ4v) is 8.15. The van der Waals surface area contributed by atoms with Crippen LogP contribution < -0.4 is 5.43 Å². The molecule has 4 aliphatic rings. The first-order chi connectivity index (χ1) is 16.1. The molecular formula is C25H34N4O5. The molecule has 4 fully saturated rings. The number of hydrogen-bond donors (Lipinski definition) is 2. The first-order valence-electron chi connectivity index (χ1n) is 12.6. The van der Waals surface area contributed by atoms with Gasteiger partial charge in [0.15, 0.2) is 0 Å². The molecule has 0 spiro atoms. The van der Waals surface area contributed by atoms with Gasteiger partial charge >= 0.3 is 5.69 Å². The third kappa shape index (κ3) is 3.59. The standard InChI is InChI=1S/C25H34N4O5/c1-24-11-9-16(26-27-21-7-4-17(28(31)32)14-22(21)29(33)34)13-15(24)3-5-18-19-6-8-23(30)25(19,2)12-10-20(18)24/h4,7,14-15,18-20,23,27,30H,3,5-6,8-13H2,1-2H3/b26-16-/t15-,18+,19+,20+,23-,24+,25+/m1/s1. The zero-order valence-corrected chi connectivity index (χ0v) is 19.9. The maximum absolute atomic E-state index is 11.4. The fourth-order valence-electron chi connectivity index (χ4n) is 8.15. The Labute approximate surface area is 199 Å². The first kappa shape index (κ1) is 23.2. The van der Waals surface area contributed by atoms with E-state index in [4.69, 9.17) is 0 Å². The van der Waals surface area contributed by atoms with Crippen LogP contribution in [0.2, 0.25) is 0 Å². The number of hydrazone groups is 1. The molecule has 0 heterocycles. The van der Waals surface area contributed by atoms with Crippen LogP contribution in [-0.2, 0) is 0 Å². The van der Waals surface area contributed by atoms with Gasteiger partial charge in [0.1, 0.15) is 5.69 Å². The Kier molecular flexibility index (Phi) is 5.66. The summed E-state index contributed by atoms with van der Waals surface area (Å²) in [4.78, 5) is 21.1. The van der Waals surface area contributed by atoms with Crippen molar-refractivity contribution in [3.8, 4) is 0 Å². The minimum Gasteiger partial charge on any atom is -0.393 e. The van der Waals surface area contributed by atoms with E-state index in [9.17, 15) is 25.3 Å². The lowest BCUT2D eigenvalue weighted by atomic mass is 9.45. The molecule has 0 aliphatic heterocycles. The number of non-ortho nitro benzene ring substituents is 1. The van der Waals surface area contributed by atoms with Gasteiger partial charge in [-0.1, -0.05) is 13.8 Å². The van der Waals surface area contributed by atoms with Crippen molar-refractivity contribution in [2.24, 2.45) is 39.6 Å². The number of aliphatic hydroxyl groups excluding tert-OH is 1. The van der Waals surface area contributed by atoms with E-state index in [0.29, 0.717) is 23.7 Å². The van der Waals surface area contributed by atoms with Gasteiger partial charge in [0.2, 0.25) is 0 Å². The van der Waals surface area contributed by atoms with Crippen LogP contribution in [0.15, 0.2) is 23.3 Å². The van der Waals surface area contributed by atoms with Crippen molar-refractivity contribution in [3.63, 3.8) is 0 Å². The highest BCUT2D eigenvalue weighted by molar-refractivity contribution is 5.86. The number of aliphatic hydroxyl groups is 1. The highest BCUT2D eigenvalue weighted by atomic mass is 16.6. The summed E-state index contributed by atoms with van der Waals surface area (Å²) in [7, 11) is 0. The van der Waals surface area contributed by atoms with Crippen LogP contribution in [0.25, 0.3) is 0 Å². The van der Waals surface area contributed by atoms with E-state index in [1.54, 1.807) is 0 Å². The summed E-state index contributed by atoms with van der Waals surface area (Å²) in [5, 5.41) is 37.6. The summed E-state index contributed by atoms with van der Waals surface area (Å²) in [5.74, 6) is 2.58. The van der Waals surface area contributed by atoms with E-state index >= 15 is 0 Å². The summed E-state index contributed by atoms with van der Waals surface area (Å²) in [5.41, 5.74) is 3.73. The average molecular weight is 471 g/mol. The van der Waals surface area contributed by atoms with Gasteiger partial charge in [0, 0.05) is 11.8 Å². The van der Waals surface area contributed by atoms with Crippen molar-refractivity contribution in [3.05, 3.63) is 38.4 Å². The molecule has 0 aromatic heterocycles. The fraction of sp³-hybridized carbons (Fsp3) is 0.720. The molecule has 4 aliphatic carbocycles. The van der Waals surface area contributed by atoms with Gasteiger partial charge in [-0.05, 0) is 98.4 Å². The van der Waals surface area contributed by atoms with Crippen LogP contribution in [0.5, 0.6) is 0 Å². The molecule has 4 saturated carbocycles. The lowest BCUT2D eigenvalue weighted by Gasteiger charge is -2.60. The number of nitrogens with zero attached hydrogens (tertiary/aromatic N) is 3. The van der Waals surface area contributed by atoms with Gasteiger partial charge in [0.05, 0.1) is 22.0 Å². The van der Waals surface area contributed by atoms with Crippen LogP contribution >= 0.6 is 0 Å². The number of hydrogen-bond acceptors (Lipinski definition) is 7. The zero-order chi connectivity index (χ0) is 24.3. The topological polar surface area (TPSA) is 131 Å². The van der Waals surface area contributed by atoms with Crippen molar-refractivity contribution in [2.45, 2.75) is 77.7 Å². The van der Waals surface area contributed by atoms with E-state index in [1.165, 1.54) is 25.0 Å². The highest BCUT2D eigenvalue weighted by Gasteiger charge is 2.59. The molecule has 7 atom stereocenters. The third-order valence-corrected chi connectivity index (χ3v) is 10.2. The Morgan fingerprint density at radius 1 is 1.00 bits per heavy atom. The number of nitro benzene ring substituents is 2. The maximum Gasteiger partial charge on any atom is 0.301 e. The normalized spacial score (nSPS) is 40.2. The predicted octanol–water partition coefficient (Wildman–Crippen LogP) is 5.67. The number of anilines is 1. The van der Waals surface area contributed by atoms with Gasteiger partial charge in [-0.3, -0.25) is 25.7 Å². The summed E-state index contributed by atoms with van der Waals surface area (Å²) in [6, 6.07) is 3.58. The molecule has 0 radical (unpaired) electrons. The van der Waals surface area contributed by atoms with Crippen LogP contribution in [0.4, 0.5) is 17.1 Å². The molecular weight excluding hydrogens is 436 g/mol. The van der Waals surface area contributed by atoms with E-state index in [2.05, 4.69) is 24.4 Å². The van der Waals surface area contributed by atoms with Crippen molar-refractivity contribution < 1.29 is 15.0 Å². The summed E-state index contributed by atoms with van der Waals surface area (Å²) >= 11 is 0. The van der Waals surface area contributed by atoms with Gasteiger partial charge in [-0.2, -0.15) is 5.10 Å². The molecule has 34 heavy (non-hydrogen) atoms. The molecule has 9 nitrogen and oxygen atoms in total. The second kappa shape index (κ2) is 8.29. The molecule has 0 amide bonds. The van der Waals surface area contributed by atoms with Crippen molar-refractivity contribution in [2.75, 3.05) is 5.43 Å². The van der Waals surface area contributed by atoms with Gasteiger partial charge in [-0.25, -0.2) is 0 Å². The Hall–Kier alpha value is -2.55. The highest BCUT2D eigenvalue weighted by Crippen LogP contribution is 2.66. The first-order valence-corrected chi connectivity index (χ1v) is 12.6. The second-order valence-electron chi connectivity index (χ2n) is 11.5. The smallest absolute Gasteiger partial charge is 0.301 e. The largest absolute Gasteiger partial charge is 0.393 e. The second-order valence-corrected chi connectivity index (χ2v) is 11.5. The third-order valence-electron chi connectivity index (χ3n) is 10.2. The summed E-state index contributed by atoms with van der Waals surface area (Å²) in [6.07, 6.45) is 9.45. The molecule has 0 bridgehead atoms. The van der Waals surface area contributed by atoms with E-state index in [0.717, 1.165) is 56.7 Å². The van der Waals surface area contributed by atoms with Gasteiger partial charge in [-0.15, -0.1) is 0 Å². The average Bonchev–Trinajstić information content (AvgIpc) is 3.11. The van der Waals surface area contributed by atoms with Crippen LogP contribution in [0.1, 0.15) is 71.6 Å². The monoisotopic (exact) mass is 470 g/mol. The zero-order valence-electron chi connectivity index (χ0n) is 19.9. The number of nitro groups is 2. The number of rotatable bonds is 4. The maximum atomic E-state index is 11.4. The molecule has 2 N–H and O–H groups in total. The van der Waals surface area contributed by atoms with Crippen molar-refractivity contribution in [1.82, 2.24) is 0 Å². The summed E-state index contributed by atoms with van der Waals surface area (Å²) < 4.78 is 0. The molecule has 1 aromatic carbocycles. The minimum atomic E-state index is -0.638. The van der Waals surface area contributed by atoms with E-state index < -0.39 is 9.85 Å². The van der Waals surface area contributed by atoms with Gasteiger partial charge in [0.25, 0.3) is 5.69 Å².